The normalized spacial score (nSPS) is 11.7. The third-order valence-electron chi connectivity index (χ3n) is 3.96. The zero-order valence-electron chi connectivity index (χ0n) is 15.2. The third kappa shape index (κ3) is 6.06. The summed E-state index contributed by atoms with van der Waals surface area (Å²) in [5, 5.41) is 16.0. The minimum Gasteiger partial charge on any atom is -0.493 e. The highest BCUT2D eigenvalue weighted by molar-refractivity contribution is 5.78. The topological polar surface area (TPSA) is 79.8 Å². The summed E-state index contributed by atoms with van der Waals surface area (Å²) in [6, 6.07) is 14.9. The van der Waals surface area contributed by atoms with Crippen molar-refractivity contribution in [1.82, 2.24) is 10.6 Å². The van der Waals surface area contributed by atoms with Crippen LogP contribution in [0.2, 0.25) is 0 Å². The van der Waals surface area contributed by atoms with E-state index in [1.54, 1.807) is 26.4 Å². The van der Waals surface area contributed by atoms with Gasteiger partial charge >= 0.3 is 0 Å². The lowest BCUT2D eigenvalue weighted by Gasteiger charge is -2.13. The zero-order chi connectivity index (χ0) is 18.8. The quantitative estimate of drug-likeness (QED) is 0.563. The lowest BCUT2D eigenvalue weighted by molar-refractivity contribution is -0.120. The van der Waals surface area contributed by atoms with Crippen molar-refractivity contribution in [3.8, 4) is 11.5 Å². The maximum atomic E-state index is 12.0. The molecule has 0 aromatic heterocycles. The van der Waals surface area contributed by atoms with Gasteiger partial charge in [0.05, 0.1) is 26.7 Å². The van der Waals surface area contributed by atoms with Gasteiger partial charge in [-0.1, -0.05) is 36.4 Å². The Morgan fingerprint density at radius 2 is 1.77 bits per heavy atom. The van der Waals surface area contributed by atoms with E-state index in [1.165, 1.54) is 0 Å². The minimum absolute atomic E-state index is 0.0670. The molecule has 0 aliphatic rings. The molecule has 2 aromatic rings. The molecule has 0 radical (unpaired) electrons. The number of rotatable bonds is 10. The molecule has 0 spiro atoms. The summed E-state index contributed by atoms with van der Waals surface area (Å²) in [6.45, 7) is 1.52. The van der Waals surface area contributed by atoms with E-state index in [-0.39, 0.29) is 12.3 Å². The van der Waals surface area contributed by atoms with Crippen molar-refractivity contribution in [3.05, 3.63) is 59.7 Å². The number of carbonyl (C=O) groups is 1. The average molecular weight is 358 g/mol. The molecule has 0 aliphatic carbocycles. The van der Waals surface area contributed by atoms with Crippen LogP contribution in [0.4, 0.5) is 0 Å². The van der Waals surface area contributed by atoms with Crippen LogP contribution in [0, 0.1) is 0 Å². The number of ether oxygens (including phenoxy) is 2. The highest BCUT2D eigenvalue weighted by Crippen LogP contribution is 2.27. The number of hydrogen-bond acceptors (Lipinski definition) is 5. The van der Waals surface area contributed by atoms with Crippen LogP contribution in [-0.2, 0) is 11.2 Å². The van der Waals surface area contributed by atoms with Gasteiger partial charge in [-0.05, 0) is 23.3 Å². The average Bonchev–Trinajstić information content (AvgIpc) is 2.68. The molecule has 140 valence electrons. The highest BCUT2D eigenvalue weighted by Gasteiger charge is 2.09. The van der Waals surface area contributed by atoms with Crippen LogP contribution in [0.25, 0.3) is 0 Å². The molecule has 1 atom stereocenters. The first kappa shape index (κ1) is 19.8. The van der Waals surface area contributed by atoms with E-state index in [4.69, 9.17) is 9.47 Å². The third-order valence-corrected chi connectivity index (χ3v) is 3.96. The van der Waals surface area contributed by atoms with Crippen molar-refractivity contribution in [3.63, 3.8) is 0 Å². The summed E-state index contributed by atoms with van der Waals surface area (Å²) in [4.78, 5) is 12.0. The van der Waals surface area contributed by atoms with Gasteiger partial charge in [0.15, 0.2) is 11.5 Å². The molecule has 0 unspecified atom stereocenters. The molecule has 2 rings (SSSR count). The zero-order valence-corrected chi connectivity index (χ0v) is 15.2. The number of benzene rings is 2. The molecule has 0 fully saturated rings. The van der Waals surface area contributed by atoms with Crippen molar-refractivity contribution in [2.24, 2.45) is 0 Å². The molecule has 0 saturated heterocycles. The monoisotopic (exact) mass is 358 g/mol. The molecule has 2 aromatic carbocycles. The summed E-state index contributed by atoms with van der Waals surface area (Å²) < 4.78 is 10.4. The van der Waals surface area contributed by atoms with Crippen molar-refractivity contribution < 1.29 is 19.4 Å². The van der Waals surface area contributed by atoms with Crippen molar-refractivity contribution in [1.29, 1.82) is 0 Å². The maximum absolute atomic E-state index is 12.0. The molecular weight excluding hydrogens is 332 g/mol. The minimum atomic E-state index is -0.557. The summed E-state index contributed by atoms with van der Waals surface area (Å²) in [5.41, 5.74) is 1.73. The van der Waals surface area contributed by atoms with Crippen molar-refractivity contribution in [2.45, 2.75) is 12.5 Å². The predicted molar refractivity (Wildman–Crippen MR) is 101 cm³/mol. The lowest BCUT2D eigenvalue weighted by atomic mass is 10.1. The number of aliphatic hydroxyl groups excluding tert-OH is 1. The van der Waals surface area contributed by atoms with Gasteiger partial charge in [0.1, 0.15) is 0 Å². The number of hydrogen-bond donors (Lipinski definition) is 3. The molecule has 0 heterocycles. The van der Waals surface area contributed by atoms with Crippen molar-refractivity contribution >= 4 is 5.91 Å². The molecule has 1 amide bonds. The number of carbonyl (C=O) groups excluding carboxylic acids is 1. The maximum Gasteiger partial charge on any atom is 0.224 e. The second-order valence-corrected chi connectivity index (χ2v) is 5.85. The van der Waals surface area contributed by atoms with Gasteiger partial charge < -0.3 is 25.2 Å². The van der Waals surface area contributed by atoms with Gasteiger partial charge in [-0.15, -0.1) is 0 Å². The molecule has 3 N–H and O–H groups in total. The molecule has 0 aliphatic heterocycles. The summed E-state index contributed by atoms with van der Waals surface area (Å²) >= 11 is 0. The predicted octanol–water partition coefficient (Wildman–Crippen LogP) is 1.69. The Hall–Kier alpha value is -2.57. The Morgan fingerprint density at radius 1 is 1.04 bits per heavy atom. The van der Waals surface area contributed by atoms with Crippen molar-refractivity contribution in [2.75, 3.05) is 33.9 Å². The fourth-order valence-corrected chi connectivity index (χ4v) is 2.56. The Balaban J connectivity index is 1.67. The molecule has 0 bridgehead atoms. The second kappa shape index (κ2) is 10.4. The lowest BCUT2D eigenvalue weighted by Crippen LogP contribution is -2.34. The number of aliphatic hydroxyl groups is 1. The molecule has 26 heavy (non-hydrogen) atoms. The van der Waals surface area contributed by atoms with Gasteiger partial charge in [-0.3, -0.25) is 4.79 Å². The fraction of sp³-hybridized carbons (Fsp3) is 0.350. The highest BCUT2D eigenvalue weighted by atomic mass is 16.5. The largest absolute Gasteiger partial charge is 0.493 e. The van der Waals surface area contributed by atoms with E-state index in [1.807, 2.05) is 36.4 Å². The van der Waals surface area contributed by atoms with E-state index in [9.17, 15) is 9.90 Å². The van der Waals surface area contributed by atoms with Gasteiger partial charge in [0, 0.05) is 19.6 Å². The molecule has 0 saturated carbocycles. The Bertz CT molecular complexity index is 691. The smallest absolute Gasteiger partial charge is 0.224 e. The molecule has 6 nitrogen and oxygen atoms in total. The van der Waals surface area contributed by atoms with E-state index >= 15 is 0 Å². The van der Waals surface area contributed by atoms with E-state index < -0.39 is 6.10 Å². The first-order valence-corrected chi connectivity index (χ1v) is 8.55. The van der Waals surface area contributed by atoms with Crippen LogP contribution < -0.4 is 20.1 Å². The van der Waals surface area contributed by atoms with Gasteiger partial charge in [0.2, 0.25) is 5.91 Å². The van der Waals surface area contributed by atoms with Crippen LogP contribution in [0.3, 0.4) is 0 Å². The first-order chi connectivity index (χ1) is 12.6. The van der Waals surface area contributed by atoms with E-state index in [2.05, 4.69) is 10.6 Å². The van der Waals surface area contributed by atoms with Gasteiger partial charge in [0.25, 0.3) is 0 Å². The molecular formula is C20H26N2O4. The number of amides is 1. The second-order valence-electron chi connectivity index (χ2n) is 5.85. The Morgan fingerprint density at radius 3 is 2.46 bits per heavy atom. The van der Waals surface area contributed by atoms with E-state index in [0.29, 0.717) is 31.1 Å². The Labute approximate surface area is 154 Å². The standard InChI is InChI=1S/C20H26N2O4/c1-25-18-9-8-15(12-19(18)26-2)13-20(24)22-11-10-21-14-17(23)16-6-4-3-5-7-16/h3-9,12,17,21,23H,10-11,13-14H2,1-2H3,(H,22,24)/t17-/m1/s1. The van der Waals surface area contributed by atoms with Crippen LogP contribution in [0.5, 0.6) is 11.5 Å². The summed E-state index contributed by atoms with van der Waals surface area (Å²) in [6.07, 6.45) is -0.286. The fourth-order valence-electron chi connectivity index (χ4n) is 2.56. The summed E-state index contributed by atoms with van der Waals surface area (Å²) in [5.74, 6) is 1.18. The van der Waals surface area contributed by atoms with Crippen LogP contribution in [0.1, 0.15) is 17.2 Å². The molecule has 6 heteroatoms. The van der Waals surface area contributed by atoms with Crippen LogP contribution >= 0.6 is 0 Å². The van der Waals surface area contributed by atoms with Crippen LogP contribution in [-0.4, -0.2) is 44.9 Å². The van der Waals surface area contributed by atoms with Crippen LogP contribution in [0.15, 0.2) is 48.5 Å². The number of nitrogens with one attached hydrogen (secondary N) is 2. The SMILES string of the molecule is COc1ccc(CC(=O)NCCNC[C@@H](O)c2ccccc2)cc1OC. The Kier molecular flexibility index (Phi) is 7.92. The summed E-state index contributed by atoms with van der Waals surface area (Å²) in [7, 11) is 3.14. The first-order valence-electron chi connectivity index (χ1n) is 8.55. The number of methoxy groups -OCH3 is 2. The van der Waals surface area contributed by atoms with Gasteiger partial charge in [-0.2, -0.15) is 0 Å². The van der Waals surface area contributed by atoms with E-state index in [0.717, 1.165) is 11.1 Å². The van der Waals surface area contributed by atoms with Gasteiger partial charge in [-0.25, -0.2) is 0 Å².